The van der Waals surface area contributed by atoms with Gasteiger partial charge in [0.25, 0.3) is 0 Å². The van der Waals surface area contributed by atoms with Crippen molar-refractivity contribution in [2.75, 3.05) is 11.9 Å². The van der Waals surface area contributed by atoms with Gasteiger partial charge in [-0.15, -0.1) is 11.6 Å². The molecular formula is C16H22ClN3O. The van der Waals surface area contributed by atoms with Crippen LogP contribution in [0.2, 0.25) is 0 Å². The minimum atomic E-state index is 0.382. The Kier molecular flexibility index (Phi) is 5.51. The normalized spacial score (nSPS) is 10.9. The van der Waals surface area contributed by atoms with E-state index < -0.39 is 0 Å². The number of nitrogens with zero attached hydrogens (tertiary/aromatic N) is 2. The molecule has 0 aliphatic carbocycles. The largest absolute Gasteiger partial charge is 0.494 e. The smallest absolute Gasteiger partial charge is 0.123 e. The summed E-state index contributed by atoms with van der Waals surface area (Å²) >= 11 is 5.97. The second kappa shape index (κ2) is 7.36. The number of rotatable bonds is 7. The fraction of sp³-hybridized carbons (Fsp3) is 0.438. The summed E-state index contributed by atoms with van der Waals surface area (Å²) in [6.07, 6.45) is 2.00. The van der Waals surface area contributed by atoms with Crippen LogP contribution < -0.4 is 10.1 Å². The summed E-state index contributed by atoms with van der Waals surface area (Å²) in [5.41, 5.74) is 3.04. The molecule has 0 bridgehead atoms. The number of aromatic nitrogens is 2. The van der Waals surface area contributed by atoms with Crippen LogP contribution in [0.5, 0.6) is 5.75 Å². The third kappa shape index (κ3) is 4.14. The fourth-order valence-electron chi connectivity index (χ4n) is 2.04. The number of benzene rings is 1. The zero-order valence-corrected chi connectivity index (χ0v) is 13.5. The number of hydrogen-bond donors (Lipinski definition) is 1. The molecule has 0 saturated carbocycles. The van der Waals surface area contributed by atoms with E-state index in [9.17, 15) is 0 Å². The van der Waals surface area contributed by atoms with Gasteiger partial charge >= 0.3 is 0 Å². The predicted octanol–water partition coefficient (Wildman–Crippen LogP) is 4.21. The summed E-state index contributed by atoms with van der Waals surface area (Å²) in [6, 6.07) is 8.39. The molecule has 0 aliphatic rings. The average Bonchev–Trinajstić information content (AvgIpc) is 2.95. The van der Waals surface area contributed by atoms with Gasteiger partial charge in [0.15, 0.2) is 0 Å². The van der Waals surface area contributed by atoms with Gasteiger partial charge in [0, 0.05) is 23.5 Å². The zero-order valence-electron chi connectivity index (χ0n) is 12.8. The average molecular weight is 308 g/mol. The summed E-state index contributed by atoms with van der Waals surface area (Å²) in [4.78, 5) is 0. The number of anilines is 1. The molecule has 5 heteroatoms. The Morgan fingerprint density at radius 3 is 2.76 bits per heavy atom. The van der Waals surface area contributed by atoms with Gasteiger partial charge in [0.1, 0.15) is 5.75 Å². The highest BCUT2D eigenvalue weighted by Crippen LogP contribution is 2.24. The van der Waals surface area contributed by atoms with Gasteiger partial charge in [0.05, 0.1) is 24.7 Å². The highest BCUT2D eigenvalue weighted by molar-refractivity contribution is 6.17. The first-order valence-electron chi connectivity index (χ1n) is 7.23. The molecule has 1 aromatic carbocycles. The van der Waals surface area contributed by atoms with Crippen molar-refractivity contribution in [1.82, 2.24) is 9.78 Å². The van der Waals surface area contributed by atoms with Crippen LogP contribution in [-0.4, -0.2) is 16.4 Å². The lowest BCUT2D eigenvalue weighted by molar-refractivity contribution is 0.337. The van der Waals surface area contributed by atoms with Crippen molar-refractivity contribution < 1.29 is 4.74 Å². The predicted molar refractivity (Wildman–Crippen MR) is 87.1 cm³/mol. The molecule has 0 radical (unpaired) electrons. The van der Waals surface area contributed by atoms with Crippen LogP contribution in [0.3, 0.4) is 0 Å². The van der Waals surface area contributed by atoms with E-state index >= 15 is 0 Å². The summed E-state index contributed by atoms with van der Waals surface area (Å²) < 4.78 is 7.51. The highest BCUT2D eigenvalue weighted by Gasteiger charge is 2.05. The number of halogens is 1. The quantitative estimate of drug-likeness (QED) is 0.779. The minimum Gasteiger partial charge on any atom is -0.494 e. The lowest BCUT2D eigenvalue weighted by atomic mass is 10.2. The molecule has 0 saturated heterocycles. The van der Waals surface area contributed by atoms with Gasteiger partial charge in [-0.3, -0.25) is 4.68 Å². The molecular weight excluding hydrogens is 286 g/mol. The summed E-state index contributed by atoms with van der Waals surface area (Å²) in [6.45, 7) is 7.53. The van der Waals surface area contributed by atoms with Crippen LogP contribution in [0, 0.1) is 0 Å². The Balaban J connectivity index is 2.02. The third-order valence-electron chi connectivity index (χ3n) is 3.17. The number of hydrogen-bond acceptors (Lipinski definition) is 3. The van der Waals surface area contributed by atoms with Gasteiger partial charge in [0.2, 0.25) is 0 Å². The van der Waals surface area contributed by atoms with Crippen molar-refractivity contribution in [3.63, 3.8) is 0 Å². The van der Waals surface area contributed by atoms with Crippen LogP contribution in [0.15, 0.2) is 30.5 Å². The monoisotopic (exact) mass is 307 g/mol. The molecule has 4 nitrogen and oxygen atoms in total. The fourth-order valence-corrected chi connectivity index (χ4v) is 2.25. The standard InChI is InChI=1S/C16H22ClN3O/c1-4-21-16-6-5-14(9-13(16)10-17)18-11-15-7-8-20(19-15)12(2)3/h5-9,12,18H,4,10-11H2,1-3H3. The Bertz CT molecular complexity index is 581. The molecule has 1 N–H and O–H groups in total. The zero-order chi connectivity index (χ0) is 15.2. The van der Waals surface area contributed by atoms with E-state index in [2.05, 4.69) is 24.3 Å². The Labute approximate surface area is 131 Å². The molecule has 0 amide bonds. The van der Waals surface area contributed by atoms with Crippen LogP contribution in [0.4, 0.5) is 5.69 Å². The molecule has 0 unspecified atom stereocenters. The molecule has 1 heterocycles. The van der Waals surface area contributed by atoms with E-state index in [1.54, 1.807) is 0 Å². The maximum Gasteiger partial charge on any atom is 0.123 e. The first kappa shape index (κ1) is 15.7. The van der Waals surface area contributed by atoms with E-state index in [1.165, 1.54) is 0 Å². The molecule has 2 rings (SSSR count). The lowest BCUT2D eigenvalue weighted by Gasteiger charge is -2.11. The second-order valence-electron chi connectivity index (χ2n) is 5.12. The molecule has 0 atom stereocenters. The van der Waals surface area contributed by atoms with Gasteiger partial charge in [-0.1, -0.05) is 0 Å². The molecule has 0 spiro atoms. The first-order valence-corrected chi connectivity index (χ1v) is 7.77. The van der Waals surface area contributed by atoms with Crippen LogP contribution >= 0.6 is 11.6 Å². The minimum absolute atomic E-state index is 0.382. The molecule has 1 aromatic heterocycles. The summed E-state index contributed by atoms with van der Waals surface area (Å²) in [5.74, 6) is 1.29. The van der Waals surface area contributed by atoms with Crippen molar-refractivity contribution in [2.45, 2.75) is 39.2 Å². The van der Waals surface area contributed by atoms with E-state index in [0.29, 0.717) is 25.1 Å². The van der Waals surface area contributed by atoms with Crippen LogP contribution in [0.25, 0.3) is 0 Å². The van der Waals surface area contributed by atoms with Crippen LogP contribution in [0.1, 0.15) is 38.1 Å². The maximum atomic E-state index is 5.97. The molecule has 21 heavy (non-hydrogen) atoms. The van der Waals surface area contributed by atoms with Crippen molar-refractivity contribution in [1.29, 1.82) is 0 Å². The van der Waals surface area contributed by atoms with Crippen molar-refractivity contribution in [3.05, 3.63) is 41.7 Å². The number of ether oxygens (including phenoxy) is 1. The second-order valence-corrected chi connectivity index (χ2v) is 5.39. The van der Waals surface area contributed by atoms with E-state index in [4.69, 9.17) is 16.3 Å². The molecule has 0 aliphatic heterocycles. The Hall–Kier alpha value is -1.68. The van der Waals surface area contributed by atoms with Gasteiger partial charge in [-0.2, -0.15) is 5.10 Å². The third-order valence-corrected chi connectivity index (χ3v) is 3.46. The van der Waals surface area contributed by atoms with Crippen molar-refractivity contribution in [2.24, 2.45) is 0 Å². The van der Waals surface area contributed by atoms with Gasteiger partial charge < -0.3 is 10.1 Å². The molecule has 2 aromatic rings. The molecule has 0 fully saturated rings. The first-order chi connectivity index (χ1) is 10.1. The van der Waals surface area contributed by atoms with E-state index in [1.807, 2.05) is 42.1 Å². The summed E-state index contributed by atoms with van der Waals surface area (Å²) in [5, 5.41) is 7.89. The van der Waals surface area contributed by atoms with Gasteiger partial charge in [-0.05, 0) is 45.0 Å². The van der Waals surface area contributed by atoms with Crippen LogP contribution in [-0.2, 0) is 12.4 Å². The van der Waals surface area contributed by atoms with Crippen molar-refractivity contribution in [3.8, 4) is 5.75 Å². The van der Waals surface area contributed by atoms with E-state index in [0.717, 1.165) is 22.7 Å². The topological polar surface area (TPSA) is 39.1 Å². The summed E-state index contributed by atoms with van der Waals surface area (Å²) in [7, 11) is 0. The number of alkyl halides is 1. The Morgan fingerprint density at radius 2 is 2.14 bits per heavy atom. The molecule has 114 valence electrons. The maximum absolute atomic E-state index is 5.97. The number of nitrogens with one attached hydrogen (secondary N) is 1. The van der Waals surface area contributed by atoms with Gasteiger partial charge in [-0.25, -0.2) is 0 Å². The SMILES string of the molecule is CCOc1ccc(NCc2ccn(C(C)C)n2)cc1CCl. The highest BCUT2D eigenvalue weighted by atomic mass is 35.5. The lowest BCUT2D eigenvalue weighted by Crippen LogP contribution is -2.05. The van der Waals surface area contributed by atoms with E-state index in [-0.39, 0.29) is 0 Å². The van der Waals surface area contributed by atoms with Crippen molar-refractivity contribution >= 4 is 17.3 Å². The Morgan fingerprint density at radius 1 is 1.33 bits per heavy atom.